The summed E-state index contributed by atoms with van der Waals surface area (Å²) in [6.07, 6.45) is 2.24. The zero-order valence-electron chi connectivity index (χ0n) is 15.3. The molecule has 0 unspecified atom stereocenters. The molecule has 1 aliphatic heterocycles. The van der Waals surface area contributed by atoms with Gasteiger partial charge in [-0.15, -0.1) is 11.7 Å². The number of hydrogen-bond acceptors (Lipinski definition) is 4. The van der Waals surface area contributed by atoms with E-state index >= 15 is 0 Å². The van der Waals surface area contributed by atoms with E-state index in [-0.39, 0.29) is 17.0 Å². The second kappa shape index (κ2) is 9.17. The first-order valence-electron chi connectivity index (χ1n) is 8.69. The molecule has 3 rings (SSSR count). The van der Waals surface area contributed by atoms with E-state index < -0.39 is 0 Å². The highest BCUT2D eigenvalue weighted by molar-refractivity contribution is 8.15. The molecular formula is C21H19ClFN3OS. The highest BCUT2D eigenvalue weighted by Crippen LogP contribution is 2.30. The van der Waals surface area contributed by atoms with E-state index in [1.165, 1.54) is 23.9 Å². The van der Waals surface area contributed by atoms with E-state index in [0.717, 1.165) is 11.1 Å². The van der Waals surface area contributed by atoms with Crippen molar-refractivity contribution in [1.29, 1.82) is 0 Å². The molecule has 0 radical (unpaired) electrons. The van der Waals surface area contributed by atoms with Crippen LogP contribution in [0.15, 0.2) is 71.4 Å². The first-order chi connectivity index (χ1) is 13.5. The van der Waals surface area contributed by atoms with Gasteiger partial charge in [0.2, 0.25) is 5.91 Å². The Hall–Kier alpha value is -2.44. The standard InChI is InChI=1S/C21H19ClFN3OS/c1-3-12-26-20(27)19(13-15-4-8-17(22)9-5-15)28-21(26)25-24-14(2)16-6-10-18(23)11-7-16/h3-11,19H,1,12-13H2,2H3/b24-14-,25-21-/t19-/m1/s1. The SMILES string of the molecule is C=CCN1C(=O)[C@@H](Cc2ccc(Cl)cc2)S/C1=N\N=C(\C)c1ccc(F)cc1. The van der Waals surface area contributed by atoms with Crippen LogP contribution in [0.5, 0.6) is 0 Å². The lowest BCUT2D eigenvalue weighted by Crippen LogP contribution is -2.32. The van der Waals surface area contributed by atoms with Gasteiger partial charge in [0.25, 0.3) is 0 Å². The summed E-state index contributed by atoms with van der Waals surface area (Å²) in [5.41, 5.74) is 2.44. The van der Waals surface area contributed by atoms with Gasteiger partial charge in [0.05, 0.1) is 11.0 Å². The minimum atomic E-state index is -0.304. The summed E-state index contributed by atoms with van der Waals surface area (Å²) in [5, 5.41) is 9.45. The van der Waals surface area contributed by atoms with Crippen molar-refractivity contribution in [3.8, 4) is 0 Å². The molecule has 0 bridgehead atoms. The second-order valence-corrected chi connectivity index (χ2v) is 7.86. The summed E-state index contributed by atoms with van der Waals surface area (Å²) in [6.45, 7) is 5.88. The summed E-state index contributed by atoms with van der Waals surface area (Å²) in [5.74, 6) is -0.324. The van der Waals surface area contributed by atoms with E-state index in [2.05, 4.69) is 16.8 Å². The molecule has 0 saturated carbocycles. The fourth-order valence-corrected chi connectivity index (χ4v) is 3.98. The van der Waals surface area contributed by atoms with E-state index in [4.69, 9.17) is 11.6 Å². The van der Waals surface area contributed by atoms with Crippen molar-refractivity contribution in [2.75, 3.05) is 6.54 Å². The molecule has 144 valence electrons. The molecule has 0 N–H and O–H groups in total. The lowest BCUT2D eigenvalue weighted by Gasteiger charge is -2.13. The van der Waals surface area contributed by atoms with Crippen LogP contribution in [0.1, 0.15) is 18.1 Å². The van der Waals surface area contributed by atoms with Gasteiger partial charge in [-0.1, -0.05) is 53.7 Å². The van der Waals surface area contributed by atoms with Gasteiger partial charge < -0.3 is 0 Å². The minimum absolute atomic E-state index is 0.0202. The van der Waals surface area contributed by atoms with Crippen LogP contribution in [0.25, 0.3) is 0 Å². The van der Waals surface area contributed by atoms with Crippen LogP contribution in [-0.2, 0) is 11.2 Å². The largest absolute Gasteiger partial charge is 0.285 e. The number of rotatable bonds is 6. The number of carbonyl (C=O) groups excluding carboxylic acids is 1. The van der Waals surface area contributed by atoms with Gasteiger partial charge in [-0.2, -0.15) is 5.10 Å². The average Bonchev–Trinajstić information content (AvgIpc) is 2.98. The van der Waals surface area contributed by atoms with Crippen molar-refractivity contribution in [1.82, 2.24) is 4.90 Å². The molecule has 7 heteroatoms. The Morgan fingerprint density at radius 1 is 1.25 bits per heavy atom. The number of benzene rings is 2. The van der Waals surface area contributed by atoms with Crippen LogP contribution in [0.3, 0.4) is 0 Å². The Balaban J connectivity index is 1.80. The lowest BCUT2D eigenvalue weighted by molar-refractivity contribution is -0.125. The van der Waals surface area contributed by atoms with Gasteiger partial charge in [0.15, 0.2) is 5.17 Å². The van der Waals surface area contributed by atoms with E-state index in [1.54, 1.807) is 30.0 Å². The molecule has 1 atom stereocenters. The third-order valence-corrected chi connectivity index (χ3v) is 5.63. The van der Waals surface area contributed by atoms with E-state index in [9.17, 15) is 9.18 Å². The minimum Gasteiger partial charge on any atom is -0.285 e. The van der Waals surface area contributed by atoms with Gasteiger partial charge in [-0.05, 0) is 48.7 Å². The number of amidine groups is 1. The first-order valence-corrected chi connectivity index (χ1v) is 9.95. The topological polar surface area (TPSA) is 45.0 Å². The van der Waals surface area contributed by atoms with Crippen LogP contribution in [0.2, 0.25) is 5.02 Å². The van der Waals surface area contributed by atoms with Crippen LogP contribution in [0.4, 0.5) is 4.39 Å². The smallest absolute Gasteiger partial charge is 0.242 e. The molecule has 1 fully saturated rings. The fourth-order valence-electron chi connectivity index (χ4n) is 2.71. The van der Waals surface area contributed by atoms with Gasteiger partial charge in [-0.25, -0.2) is 4.39 Å². The molecule has 1 aliphatic rings. The van der Waals surface area contributed by atoms with E-state index in [1.807, 2.05) is 24.3 Å². The molecule has 0 aromatic heterocycles. The molecule has 1 heterocycles. The van der Waals surface area contributed by atoms with Gasteiger partial charge in [0.1, 0.15) is 5.82 Å². The lowest BCUT2D eigenvalue weighted by atomic mass is 10.1. The van der Waals surface area contributed by atoms with Gasteiger partial charge in [-0.3, -0.25) is 9.69 Å². The second-order valence-electron chi connectivity index (χ2n) is 6.25. The van der Waals surface area contributed by atoms with Crippen LogP contribution < -0.4 is 0 Å². The normalized spacial score (nSPS) is 18.8. The summed E-state index contributed by atoms with van der Waals surface area (Å²) in [4.78, 5) is 14.4. The van der Waals surface area contributed by atoms with Gasteiger partial charge >= 0.3 is 0 Å². The van der Waals surface area contributed by atoms with Crippen molar-refractivity contribution >= 4 is 40.1 Å². The molecule has 1 saturated heterocycles. The van der Waals surface area contributed by atoms with Crippen molar-refractivity contribution in [2.45, 2.75) is 18.6 Å². The zero-order valence-corrected chi connectivity index (χ0v) is 16.9. The van der Waals surface area contributed by atoms with Crippen LogP contribution in [0, 0.1) is 5.82 Å². The summed E-state index contributed by atoms with van der Waals surface area (Å²) < 4.78 is 13.1. The third kappa shape index (κ3) is 4.88. The Morgan fingerprint density at radius 3 is 2.57 bits per heavy atom. The Labute approximate surface area is 172 Å². The molecule has 1 amide bonds. The fraction of sp³-hybridized carbons (Fsp3) is 0.190. The summed E-state index contributed by atoms with van der Waals surface area (Å²) >= 11 is 7.31. The highest BCUT2D eigenvalue weighted by atomic mass is 35.5. The molecule has 0 aliphatic carbocycles. The van der Waals surface area contributed by atoms with Crippen molar-refractivity contribution < 1.29 is 9.18 Å². The van der Waals surface area contributed by atoms with E-state index in [0.29, 0.717) is 28.9 Å². The predicted molar refractivity (Wildman–Crippen MR) is 114 cm³/mol. The summed E-state index contributed by atoms with van der Waals surface area (Å²) in [7, 11) is 0. The maximum absolute atomic E-state index is 13.1. The number of halogens is 2. The van der Waals surface area contributed by atoms with Crippen molar-refractivity contribution in [2.24, 2.45) is 10.2 Å². The molecule has 2 aromatic carbocycles. The maximum Gasteiger partial charge on any atom is 0.242 e. The molecular weight excluding hydrogens is 397 g/mol. The molecule has 0 spiro atoms. The maximum atomic E-state index is 13.1. The van der Waals surface area contributed by atoms with Crippen molar-refractivity contribution in [3.63, 3.8) is 0 Å². The number of amides is 1. The van der Waals surface area contributed by atoms with Crippen LogP contribution in [-0.4, -0.2) is 33.5 Å². The first kappa shape index (κ1) is 20.3. The Bertz CT molecular complexity index is 926. The number of thioether (sulfide) groups is 1. The Kier molecular flexibility index (Phi) is 6.65. The highest BCUT2D eigenvalue weighted by Gasteiger charge is 2.37. The quantitative estimate of drug-likeness (QED) is 0.381. The third-order valence-electron chi connectivity index (χ3n) is 4.21. The molecule has 2 aromatic rings. The molecule has 4 nitrogen and oxygen atoms in total. The number of carbonyl (C=O) groups is 1. The number of nitrogens with zero attached hydrogens (tertiary/aromatic N) is 3. The van der Waals surface area contributed by atoms with Crippen molar-refractivity contribution in [3.05, 3.63) is 83.2 Å². The number of hydrogen-bond donors (Lipinski definition) is 0. The van der Waals surface area contributed by atoms with Gasteiger partial charge in [0, 0.05) is 11.6 Å². The zero-order chi connectivity index (χ0) is 20.1. The Morgan fingerprint density at radius 2 is 1.93 bits per heavy atom. The average molecular weight is 416 g/mol. The summed E-state index contributed by atoms with van der Waals surface area (Å²) in [6, 6.07) is 13.5. The predicted octanol–water partition coefficient (Wildman–Crippen LogP) is 4.93. The van der Waals surface area contributed by atoms with Crippen LogP contribution >= 0.6 is 23.4 Å². The monoisotopic (exact) mass is 415 g/mol. The molecule has 28 heavy (non-hydrogen) atoms.